The van der Waals surface area contributed by atoms with Gasteiger partial charge in [0, 0.05) is 19.2 Å². The Morgan fingerprint density at radius 3 is 3.15 bits per heavy atom. The molecule has 1 aromatic rings. The van der Waals surface area contributed by atoms with Gasteiger partial charge in [-0.05, 0) is 6.42 Å². The molecule has 70 valence electrons. The first-order chi connectivity index (χ1) is 6.27. The van der Waals surface area contributed by atoms with Gasteiger partial charge in [-0.2, -0.15) is 5.10 Å². The zero-order valence-electron chi connectivity index (χ0n) is 7.86. The molecule has 0 aromatic carbocycles. The highest BCUT2D eigenvalue weighted by atomic mass is 16.1. The first-order valence-corrected chi connectivity index (χ1v) is 4.44. The van der Waals surface area contributed by atoms with Crippen molar-refractivity contribution in [3.05, 3.63) is 30.6 Å². The fourth-order valence-electron chi connectivity index (χ4n) is 1.11. The lowest BCUT2D eigenvalue weighted by Gasteiger charge is -1.94. The Balaban J connectivity index is 2.67. The summed E-state index contributed by atoms with van der Waals surface area (Å²) in [6.45, 7) is 6.46. The predicted molar refractivity (Wildman–Crippen MR) is 51.7 cm³/mol. The second-order valence-electron chi connectivity index (χ2n) is 2.91. The molecule has 1 heterocycles. The number of rotatable bonds is 5. The zero-order valence-corrected chi connectivity index (χ0v) is 7.86. The van der Waals surface area contributed by atoms with Crippen LogP contribution in [-0.4, -0.2) is 15.6 Å². The third-order valence-electron chi connectivity index (χ3n) is 1.74. The number of carbonyl (C=O) groups is 1. The van der Waals surface area contributed by atoms with Crippen molar-refractivity contribution < 1.29 is 4.79 Å². The molecule has 0 N–H and O–H groups in total. The molecule has 0 spiro atoms. The molecule has 0 aliphatic carbocycles. The summed E-state index contributed by atoms with van der Waals surface area (Å²) in [5.41, 5.74) is 0.674. The van der Waals surface area contributed by atoms with Gasteiger partial charge in [-0.1, -0.05) is 13.0 Å². The first kappa shape index (κ1) is 9.71. The van der Waals surface area contributed by atoms with Crippen LogP contribution in [0.15, 0.2) is 25.0 Å². The third kappa shape index (κ3) is 2.54. The molecule has 0 bridgehead atoms. The second-order valence-corrected chi connectivity index (χ2v) is 2.91. The smallest absolute Gasteiger partial charge is 0.169 e. The fraction of sp³-hybridized carbons (Fsp3) is 0.400. The van der Waals surface area contributed by atoms with E-state index in [0.717, 1.165) is 13.0 Å². The molecule has 0 atom stereocenters. The molecule has 3 heteroatoms. The van der Waals surface area contributed by atoms with Crippen LogP contribution in [0.25, 0.3) is 0 Å². The van der Waals surface area contributed by atoms with Crippen molar-refractivity contribution in [3.63, 3.8) is 0 Å². The summed E-state index contributed by atoms with van der Waals surface area (Å²) in [5.74, 6) is 0.0809. The molecule has 1 aromatic heterocycles. The number of carbonyl (C=O) groups excluding carboxylic acids is 1. The van der Waals surface area contributed by atoms with Crippen molar-refractivity contribution in [2.45, 2.75) is 26.3 Å². The zero-order chi connectivity index (χ0) is 9.68. The number of hydrogen-bond acceptors (Lipinski definition) is 2. The number of hydrogen-bond donors (Lipinski definition) is 0. The highest BCUT2D eigenvalue weighted by Gasteiger charge is 2.05. The lowest BCUT2D eigenvalue weighted by molar-refractivity contribution is 0.0996. The molecule has 13 heavy (non-hydrogen) atoms. The number of aromatic nitrogens is 2. The Kier molecular flexibility index (Phi) is 3.43. The molecular formula is C10H14N2O. The summed E-state index contributed by atoms with van der Waals surface area (Å²) < 4.78 is 1.79. The standard InChI is InChI=1S/C10H14N2O/c1-3-5-10(13)9-7-11-12(8-9)6-4-2/h3,7-8H,1,4-6H2,2H3. The largest absolute Gasteiger partial charge is 0.294 e. The highest BCUT2D eigenvalue weighted by Crippen LogP contribution is 2.03. The van der Waals surface area contributed by atoms with Crippen molar-refractivity contribution in [2.24, 2.45) is 0 Å². The van der Waals surface area contributed by atoms with Crippen LogP contribution in [0.1, 0.15) is 30.1 Å². The lowest BCUT2D eigenvalue weighted by Crippen LogP contribution is -1.97. The molecule has 0 aliphatic heterocycles. The Bertz CT molecular complexity index is 302. The summed E-state index contributed by atoms with van der Waals surface area (Å²) >= 11 is 0. The maximum atomic E-state index is 11.3. The van der Waals surface area contributed by atoms with Gasteiger partial charge in [0.2, 0.25) is 0 Å². The van der Waals surface area contributed by atoms with Crippen molar-refractivity contribution in [2.75, 3.05) is 0 Å². The predicted octanol–water partition coefficient (Wildman–Crippen LogP) is 2.05. The van der Waals surface area contributed by atoms with Gasteiger partial charge in [0.1, 0.15) is 0 Å². The molecule has 0 radical (unpaired) electrons. The van der Waals surface area contributed by atoms with E-state index in [4.69, 9.17) is 0 Å². The molecule has 1 rings (SSSR count). The van der Waals surface area contributed by atoms with E-state index in [1.165, 1.54) is 0 Å². The quantitative estimate of drug-likeness (QED) is 0.511. The first-order valence-electron chi connectivity index (χ1n) is 4.44. The fourth-order valence-corrected chi connectivity index (χ4v) is 1.11. The van der Waals surface area contributed by atoms with Gasteiger partial charge in [-0.25, -0.2) is 0 Å². The maximum absolute atomic E-state index is 11.3. The molecule has 0 unspecified atom stereocenters. The Hall–Kier alpha value is -1.38. The Morgan fingerprint density at radius 1 is 1.77 bits per heavy atom. The topological polar surface area (TPSA) is 34.9 Å². The van der Waals surface area contributed by atoms with Gasteiger partial charge < -0.3 is 0 Å². The Labute approximate surface area is 78.1 Å². The van der Waals surface area contributed by atoms with E-state index in [0.29, 0.717) is 12.0 Å². The average molecular weight is 178 g/mol. The summed E-state index contributed by atoms with van der Waals surface area (Å²) in [6, 6.07) is 0. The number of allylic oxidation sites excluding steroid dienone is 1. The molecule has 0 amide bonds. The molecule has 0 fully saturated rings. The van der Waals surface area contributed by atoms with Gasteiger partial charge in [0.15, 0.2) is 5.78 Å². The summed E-state index contributed by atoms with van der Waals surface area (Å²) in [5, 5.41) is 4.07. The van der Waals surface area contributed by atoms with Crippen LogP contribution in [0.4, 0.5) is 0 Å². The molecule has 0 saturated carbocycles. The van der Waals surface area contributed by atoms with E-state index >= 15 is 0 Å². The van der Waals surface area contributed by atoms with Crippen LogP contribution in [0.2, 0.25) is 0 Å². The molecule has 3 nitrogen and oxygen atoms in total. The van der Waals surface area contributed by atoms with E-state index in [2.05, 4.69) is 18.6 Å². The number of aryl methyl sites for hydroxylation is 1. The van der Waals surface area contributed by atoms with Crippen LogP contribution in [0.5, 0.6) is 0 Å². The highest BCUT2D eigenvalue weighted by molar-refractivity contribution is 5.96. The van der Waals surface area contributed by atoms with Gasteiger partial charge in [-0.3, -0.25) is 9.48 Å². The van der Waals surface area contributed by atoms with Gasteiger partial charge in [0.05, 0.1) is 11.8 Å². The van der Waals surface area contributed by atoms with E-state index in [9.17, 15) is 4.79 Å². The third-order valence-corrected chi connectivity index (χ3v) is 1.74. The summed E-state index contributed by atoms with van der Waals surface area (Å²) in [7, 11) is 0. The van der Waals surface area contributed by atoms with E-state index in [-0.39, 0.29) is 5.78 Å². The number of Topliss-reactive ketones (excluding diaryl/α,β-unsaturated/α-hetero) is 1. The minimum absolute atomic E-state index is 0.0809. The minimum atomic E-state index is 0.0809. The van der Waals surface area contributed by atoms with Crippen LogP contribution in [0.3, 0.4) is 0 Å². The summed E-state index contributed by atoms with van der Waals surface area (Å²) in [6.07, 6.45) is 6.42. The average Bonchev–Trinajstić information content (AvgIpc) is 2.54. The van der Waals surface area contributed by atoms with Crippen molar-refractivity contribution >= 4 is 5.78 Å². The maximum Gasteiger partial charge on any atom is 0.169 e. The summed E-state index contributed by atoms with van der Waals surface area (Å²) in [4.78, 5) is 11.3. The normalized spacial score (nSPS) is 9.92. The van der Waals surface area contributed by atoms with E-state index < -0.39 is 0 Å². The molecule has 0 aliphatic rings. The number of nitrogens with zero attached hydrogens (tertiary/aromatic N) is 2. The van der Waals surface area contributed by atoms with E-state index in [1.54, 1.807) is 23.2 Å². The van der Waals surface area contributed by atoms with Crippen molar-refractivity contribution in [1.29, 1.82) is 0 Å². The monoisotopic (exact) mass is 178 g/mol. The lowest BCUT2D eigenvalue weighted by atomic mass is 10.2. The number of ketones is 1. The van der Waals surface area contributed by atoms with Gasteiger partial charge in [0.25, 0.3) is 0 Å². The SMILES string of the molecule is C=CCC(=O)c1cnn(CCC)c1. The Morgan fingerprint density at radius 2 is 2.54 bits per heavy atom. The van der Waals surface area contributed by atoms with Crippen LogP contribution in [0, 0.1) is 0 Å². The van der Waals surface area contributed by atoms with Gasteiger partial charge in [-0.15, -0.1) is 6.58 Å². The van der Waals surface area contributed by atoms with Crippen LogP contribution >= 0.6 is 0 Å². The minimum Gasteiger partial charge on any atom is -0.294 e. The van der Waals surface area contributed by atoms with Crippen molar-refractivity contribution in [3.8, 4) is 0 Å². The second kappa shape index (κ2) is 4.60. The van der Waals surface area contributed by atoms with Crippen LogP contribution < -0.4 is 0 Å². The van der Waals surface area contributed by atoms with E-state index in [1.807, 2.05) is 0 Å². The van der Waals surface area contributed by atoms with Gasteiger partial charge >= 0.3 is 0 Å². The molecule has 0 saturated heterocycles. The van der Waals surface area contributed by atoms with Crippen LogP contribution in [-0.2, 0) is 6.54 Å². The van der Waals surface area contributed by atoms with Crippen molar-refractivity contribution in [1.82, 2.24) is 9.78 Å². The molecular weight excluding hydrogens is 164 g/mol.